The molecule has 0 radical (unpaired) electrons. The highest BCUT2D eigenvalue weighted by atomic mass is 32.2. The van der Waals surface area contributed by atoms with Gasteiger partial charge in [0, 0.05) is 0 Å². The van der Waals surface area contributed by atoms with Gasteiger partial charge in [-0.05, 0) is 38.1 Å². The summed E-state index contributed by atoms with van der Waals surface area (Å²) in [6, 6.07) is 10.8. The topological polar surface area (TPSA) is 183 Å². The molecule has 2 aromatic rings. The molecule has 0 amide bonds. The Morgan fingerprint density at radius 2 is 0.923 bits per heavy atom. The van der Waals surface area contributed by atoms with Gasteiger partial charge in [-0.15, -0.1) is 0 Å². The monoisotopic (exact) mass is 586 g/mol. The summed E-state index contributed by atoms with van der Waals surface area (Å²) in [5.74, 6) is -5.37. The van der Waals surface area contributed by atoms with Gasteiger partial charge in [-0.3, -0.25) is 18.0 Å². The van der Waals surface area contributed by atoms with Crippen molar-refractivity contribution >= 4 is 44.1 Å². The summed E-state index contributed by atoms with van der Waals surface area (Å²) in [5, 5.41) is 0. The summed E-state index contributed by atoms with van der Waals surface area (Å²) in [6.07, 6.45) is -6.18. The van der Waals surface area contributed by atoms with Crippen molar-refractivity contribution in [1.29, 1.82) is 0 Å². The molecule has 0 aliphatic heterocycles. The summed E-state index contributed by atoms with van der Waals surface area (Å²) < 4.78 is 73.2. The smallest absolute Gasteiger partial charge is 0.337 e. The fourth-order valence-corrected chi connectivity index (χ4v) is 4.98. The molecule has 0 saturated carbocycles. The first-order valence-electron chi connectivity index (χ1n) is 11.1. The van der Waals surface area contributed by atoms with Gasteiger partial charge in [-0.25, -0.2) is 9.59 Å². The second-order valence-electron chi connectivity index (χ2n) is 8.00. The highest BCUT2D eigenvalue weighted by molar-refractivity contribution is 7.87. The molecule has 13 nitrogen and oxygen atoms in total. The van der Waals surface area contributed by atoms with Crippen molar-refractivity contribution in [3.63, 3.8) is 0 Å². The lowest BCUT2D eigenvalue weighted by atomic mass is 10.2. The molecule has 0 spiro atoms. The minimum absolute atomic E-state index is 0.306. The van der Waals surface area contributed by atoms with E-state index in [1.807, 2.05) is 0 Å². The van der Waals surface area contributed by atoms with Gasteiger partial charge in [0.05, 0.1) is 36.9 Å². The lowest BCUT2D eigenvalue weighted by molar-refractivity contribution is -0.167. The lowest BCUT2D eigenvalue weighted by Gasteiger charge is -2.16. The Bertz CT molecular complexity index is 1300. The second kappa shape index (κ2) is 13.4. The van der Waals surface area contributed by atoms with Crippen LogP contribution in [-0.2, 0) is 62.0 Å². The number of benzene rings is 2. The number of rotatable bonds is 12. The number of aryl methyl sites for hydroxylation is 2. The lowest BCUT2D eigenvalue weighted by Crippen LogP contribution is -2.34. The Morgan fingerprint density at radius 3 is 1.21 bits per heavy atom. The quantitative estimate of drug-likeness (QED) is 0.150. The summed E-state index contributed by atoms with van der Waals surface area (Å²) >= 11 is 0. The zero-order valence-corrected chi connectivity index (χ0v) is 22.9. The third-order valence-electron chi connectivity index (χ3n) is 4.96. The first kappa shape index (κ1) is 31.6. The van der Waals surface area contributed by atoms with Crippen molar-refractivity contribution < 1.29 is 58.6 Å². The van der Waals surface area contributed by atoms with Gasteiger partial charge >= 0.3 is 23.9 Å². The Kier molecular flexibility index (Phi) is 10.9. The van der Waals surface area contributed by atoms with Gasteiger partial charge in [0.25, 0.3) is 20.2 Å². The maximum Gasteiger partial charge on any atom is 0.337 e. The van der Waals surface area contributed by atoms with Crippen molar-refractivity contribution in [2.75, 3.05) is 14.2 Å². The van der Waals surface area contributed by atoms with E-state index in [2.05, 4.69) is 14.2 Å². The van der Waals surface area contributed by atoms with Crippen LogP contribution in [0.2, 0.25) is 0 Å². The van der Waals surface area contributed by atoms with Gasteiger partial charge < -0.3 is 14.2 Å². The van der Waals surface area contributed by atoms with Gasteiger partial charge in [0.2, 0.25) is 0 Å². The molecule has 0 fully saturated rings. The Labute approximate surface area is 225 Å². The minimum atomic E-state index is -4.53. The number of hydrogen-bond donors (Lipinski definition) is 0. The van der Waals surface area contributed by atoms with Crippen LogP contribution in [0.15, 0.2) is 58.3 Å². The van der Waals surface area contributed by atoms with E-state index in [0.29, 0.717) is 0 Å². The predicted molar refractivity (Wildman–Crippen MR) is 131 cm³/mol. The van der Waals surface area contributed by atoms with Gasteiger partial charge in [0.1, 0.15) is 0 Å². The first-order valence-corrected chi connectivity index (χ1v) is 13.9. The van der Waals surface area contributed by atoms with Crippen molar-refractivity contribution in [2.24, 2.45) is 0 Å². The molecule has 0 heterocycles. The van der Waals surface area contributed by atoms with E-state index < -0.39 is 69.2 Å². The molecule has 15 heteroatoms. The third kappa shape index (κ3) is 9.24. The number of ether oxygens (including phenoxy) is 3. The van der Waals surface area contributed by atoms with Crippen LogP contribution in [0.3, 0.4) is 0 Å². The van der Waals surface area contributed by atoms with Crippen LogP contribution in [0.25, 0.3) is 0 Å². The molecular formula is C24H26O13S2. The molecule has 0 bridgehead atoms. The SMILES string of the molecule is COC(=O)C(CC(=O)OC(=O)CC(OS(=O)(=O)c1ccc(C)cc1)C(=O)OC)OS(=O)(=O)c1ccc(C)cc1. The van der Waals surface area contributed by atoms with Crippen LogP contribution in [0.4, 0.5) is 0 Å². The van der Waals surface area contributed by atoms with Crippen LogP contribution in [0, 0.1) is 13.8 Å². The van der Waals surface area contributed by atoms with E-state index in [-0.39, 0.29) is 9.79 Å². The standard InChI is InChI=1S/C24H26O13S2/c1-15-5-9-17(10-6-15)38(29,30)36-19(23(27)33-3)13-21(25)35-22(26)14-20(24(28)34-4)37-39(31,32)18-11-7-16(2)8-12-18/h5-12,19-20H,13-14H2,1-4H3. The normalized spacial score (nSPS) is 13.1. The molecule has 0 aliphatic carbocycles. The maximum atomic E-state index is 12.5. The van der Waals surface area contributed by atoms with E-state index in [0.717, 1.165) is 25.3 Å². The molecule has 0 N–H and O–H groups in total. The molecule has 2 rings (SSSR count). The average Bonchev–Trinajstić information content (AvgIpc) is 2.87. The molecule has 2 atom stereocenters. The summed E-state index contributed by atoms with van der Waals surface area (Å²) in [6.45, 7) is 3.44. The zero-order valence-electron chi connectivity index (χ0n) is 21.3. The van der Waals surface area contributed by atoms with Crippen LogP contribution in [-0.4, -0.2) is 67.1 Å². The molecule has 0 aromatic heterocycles. The van der Waals surface area contributed by atoms with Crippen LogP contribution < -0.4 is 0 Å². The molecule has 0 aliphatic rings. The average molecular weight is 587 g/mol. The van der Waals surface area contributed by atoms with E-state index in [4.69, 9.17) is 8.37 Å². The molecule has 2 aromatic carbocycles. The fraction of sp³-hybridized carbons (Fsp3) is 0.333. The van der Waals surface area contributed by atoms with Crippen molar-refractivity contribution in [1.82, 2.24) is 0 Å². The highest BCUT2D eigenvalue weighted by Gasteiger charge is 2.34. The summed E-state index contributed by atoms with van der Waals surface area (Å²) in [5.41, 5.74) is 1.50. The number of methoxy groups -OCH3 is 2. The maximum absolute atomic E-state index is 12.5. The Hall–Kier alpha value is -3.66. The molecule has 2 unspecified atom stereocenters. The van der Waals surface area contributed by atoms with E-state index in [1.165, 1.54) is 48.5 Å². The number of hydrogen-bond acceptors (Lipinski definition) is 13. The molecule has 0 saturated heterocycles. The second-order valence-corrected chi connectivity index (χ2v) is 11.1. The number of carbonyl (C=O) groups is 4. The Balaban J connectivity index is 2.11. The van der Waals surface area contributed by atoms with Gasteiger partial charge in [0.15, 0.2) is 12.2 Å². The van der Waals surface area contributed by atoms with Crippen LogP contribution in [0.1, 0.15) is 24.0 Å². The van der Waals surface area contributed by atoms with Crippen LogP contribution in [0.5, 0.6) is 0 Å². The van der Waals surface area contributed by atoms with Crippen molar-refractivity contribution in [2.45, 2.75) is 48.7 Å². The molecular weight excluding hydrogens is 560 g/mol. The van der Waals surface area contributed by atoms with Gasteiger partial charge in [-0.2, -0.15) is 16.8 Å². The Morgan fingerprint density at radius 1 is 0.615 bits per heavy atom. The van der Waals surface area contributed by atoms with Crippen molar-refractivity contribution in [3.8, 4) is 0 Å². The van der Waals surface area contributed by atoms with E-state index >= 15 is 0 Å². The number of esters is 4. The summed E-state index contributed by atoms with van der Waals surface area (Å²) in [4.78, 5) is 48.1. The predicted octanol–water partition coefficient (Wildman–Crippen LogP) is 1.35. The fourth-order valence-electron chi connectivity index (χ4n) is 2.92. The number of carbonyl (C=O) groups excluding carboxylic acids is 4. The van der Waals surface area contributed by atoms with Crippen LogP contribution >= 0.6 is 0 Å². The van der Waals surface area contributed by atoms with E-state index in [9.17, 15) is 36.0 Å². The molecule has 212 valence electrons. The molecule has 39 heavy (non-hydrogen) atoms. The zero-order chi connectivity index (χ0) is 29.4. The summed E-state index contributed by atoms with van der Waals surface area (Å²) in [7, 11) is -7.23. The van der Waals surface area contributed by atoms with E-state index in [1.54, 1.807) is 13.8 Å². The van der Waals surface area contributed by atoms with Crippen molar-refractivity contribution in [3.05, 3.63) is 59.7 Å². The first-order chi connectivity index (χ1) is 18.2. The third-order valence-corrected chi connectivity index (χ3v) is 7.64. The largest absolute Gasteiger partial charge is 0.467 e. The minimum Gasteiger partial charge on any atom is -0.467 e. The highest BCUT2D eigenvalue weighted by Crippen LogP contribution is 2.19. The van der Waals surface area contributed by atoms with Gasteiger partial charge in [-0.1, -0.05) is 35.4 Å².